The highest BCUT2D eigenvalue weighted by Gasteiger charge is 2.23. The van der Waals surface area contributed by atoms with Crippen LogP contribution in [0.4, 0.5) is 0 Å². The van der Waals surface area contributed by atoms with Crippen LogP contribution in [0.5, 0.6) is 5.75 Å². The Balaban J connectivity index is 1.30. The zero-order chi connectivity index (χ0) is 21.5. The van der Waals surface area contributed by atoms with Gasteiger partial charge in [0.2, 0.25) is 0 Å². The Kier molecular flexibility index (Phi) is 7.57. The highest BCUT2D eigenvalue weighted by molar-refractivity contribution is 6.30. The van der Waals surface area contributed by atoms with Gasteiger partial charge in [-0.25, -0.2) is 0 Å². The Morgan fingerprint density at radius 2 is 1.61 bits per heavy atom. The molecule has 0 spiro atoms. The molecule has 1 aromatic heterocycles. The molecule has 0 aliphatic heterocycles. The van der Waals surface area contributed by atoms with Crippen molar-refractivity contribution < 1.29 is 9.84 Å². The molecule has 1 aliphatic carbocycles. The summed E-state index contributed by atoms with van der Waals surface area (Å²) in [5.41, 5.74) is 4.16. The van der Waals surface area contributed by atoms with Crippen molar-refractivity contribution in [2.45, 2.75) is 19.3 Å². The Hall–Kier alpha value is -2.40. The number of hydrogen-bond acceptors (Lipinski definition) is 4. The van der Waals surface area contributed by atoms with Crippen molar-refractivity contribution in [3.8, 4) is 28.1 Å². The van der Waals surface area contributed by atoms with E-state index >= 15 is 0 Å². The minimum atomic E-state index is 0.248. The molecule has 0 amide bonds. The molecule has 1 saturated carbocycles. The summed E-state index contributed by atoms with van der Waals surface area (Å²) in [6.45, 7) is 3.86. The summed E-state index contributed by atoms with van der Waals surface area (Å²) >= 11 is 5.97. The first-order valence-electron chi connectivity index (χ1n) is 11.0. The normalized spacial score (nSPS) is 13.5. The van der Waals surface area contributed by atoms with Crippen molar-refractivity contribution in [3.63, 3.8) is 0 Å². The van der Waals surface area contributed by atoms with Crippen LogP contribution in [0.1, 0.15) is 19.3 Å². The minimum absolute atomic E-state index is 0.248. The monoisotopic (exact) mass is 436 g/mol. The molecule has 162 valence electrons. The van der Waals surface area contributed by atoms with Gasteiger partial charge in [0.05, 0.1) is 5.69 Å². The molecule has 2 aromatic carbocycles. The van der Waals surface area contributed by atoms with E-state index in [0.29, 0.717) is 6.61 Å². The largest absolute Gasteiger partial charge is 0.492 e. The van der Waals surface area contributed by atoms with Crippen molar-refractivity contribution >= 4 is 11.6 Å². The third kappa shape index (κ3) is 6.54. The Morgan fingerprint density at radius 3 is 2.26 bits per heavy atom. The van der Waals surface area contributed by atoms with E-state index in [-0.39, 0.29) is 6.61 Å². The first-order chi connectivity index (χ1) is 15.2. The molecular formula is C26H29ClN2O2. The quantitative estimate of drug-likeness (QED) is 0.428. The van der Waals surface area contributed by atoms with Crippen molar-refractivity contribution in [1.82, 2.24) is 9.88 Å². The van der Waals surface area contributed by atoms with Crippen molar-refractivity contribution in [1.29, 1.82) is 0 Å². The zero-order valence-electron chi connectivity index (χ0n) is 17.7. The molecule has 0 atom stereocenters. The van der Waals surface area contributed by atoms with Gasteiger partial charge in [-0.15, -0.1) is 0 Å². The molecule has 0 unspecified atom stereocenters. The maximum absolute atomic E-state index is 9.10. The fourth-order valence-electron chi connectivity index (χ4n) is 3.65. The SMILES string of the molecule is OCCCN(CCOc1ccc(-c2ccc(-c3ccc(Cl)cc3)cn2)cc1)CC1CC1. The van der Waals surface area contributed by atoms with Crippen molar-refractivity contribution in [2.24, 2.45) is 5.92 Å². The van der Waals surface area contributed by atoms with Gasteiger partial charge < -0.3 is 9.84 Å². The lowest BCUT2D eigenvalue weighted by Gasteiger charge is -2.21. The second-order valence-corrected chi connectivity index (χ2v) is 8.57. The van der Waals surface area contributed by atoms with Gasteiger partial charge in [0, 0.05) is 48.6 Å². The predicted octanol–water partition coefficient (Wildman–Crippen LogP) is 5.54. The molecule has 4 nitrogen and oxygen atoms in total. The molecule has 5 heteroatoms. The van der Waals surface area contributed by atoms with E-state index in [9.17, 15) is 0 Å². The second-order valence-electron chi connectivity index (χ2n) is 8.13. The minimum Gasteiger partial charge on any atom is -0.492 e. The van der Waals surface area contributed by atoms with Crippen LogP contribution in [0, 0.1) is 5.92 Å². The molecule has 1 fully saturated rings. The lowest BCUT2D eigenvalue weighted by Crippen LogP contribution is -2.31. The number of aromatic nitrogens is 1. The maximum atomic E-state index is 9.10. The van der Waals surface area contributed by atoms with Gasteiger partial charge in [0.25, 0.3) is 0 Å². The summed E-state index contributed by atoms with van der Waals surface area (Å²) in [5, 5.41) is 9.84. The lowest BCUT2D eigenvalue weighted by atomic mass is 10.1. The van der Waals surface area contributed by atoms with E-state index in [2.05, 4.69) is 16.0 Å². The van der Waals surface area contributed by atoms with Crippen LogP contribution in [0.25, 0.3) is 22.4 Å². The van der Waals surface area contributed by atoms with Crippen LogP contribution in [-0.4, -0.2) is 47.8 Å². The van der Waals surface area contributed by atoms with Crippen molar-refractivity contribution in [2.75, 3.05) is 32.8 Å². The van der Waals surface area contributed by atoms with E-state index in [0.717, 1.165) is 65.1 Å². The number of nitrogens with zero attached hydrogens (tertiary/aromatic N) is 2. The molecule has 31 heavy (non-hydrogen) atoms. The van der Waals surface area contributed by atoms with Gasteiger partial charge in [-0.05, 0) is 73.2 Å². The van der Waals surface area contributed by atoms with Crippen LogP contribution in [-0.2, 0) is 0 Å². The number of halogens is 1. The fourth-order valence-corrected chi connectivity index (χ4v) is 3.77. The average molecular weight is 437 g/mol. The molecule has 0 bridgehead atoms. The molecule has 0 saturated heterocycles. The first kappa shape index (κ1) is 21.8. The van der Waals surface area contributed by atoms with Crippen molar-refractivity contribution in [3.05, 3.63) is 71.9 Å². The van der Waals surface area contributed by atoms with E-state index in [4.69, 9.17) is 21.4 Å². The second kappa shape index (κ2) is 10.8. The van der Waals surface area contributed by atoms with Gasteiger partial charge >= 0.3 is 0 Å². The number of pyridine rings is 1. The number of aliphatic hydroxyl groups excluding tert-OH is 1. The average Bonchev–Trinajstić information content (AvgIpc) is 3.63. The lowest BCUT2D eigenvalue weighted by molar-refractivity contribution is 0.184. The third-order valence-electron chi connectivity index (χ3n) is 5.61. The summed E-state index contributed by atoms with van der Waals surface area (Å²) < 4.78 is 5.96. The van der Waals surface area contributed by atoms with Gasteiger partial charge in [0.1, 0.15) is 12.4 Å². The fraction of sp³-hybridized carbons (Fsp3) is 0.346. The zero-order valence-corrected chi connectivity index (χ0v) is 18.5. The summed E-state index contributed by atoms with van der Waals surface area (Å²) in [6.07, 6.45) is 5.40. The number of benzene rings is 2. The van der Waals surface area contributed by atoms with Crippen LogP contribution >= 0.6 is 11.6 Å². The molecule has 0 radical (unpaired) electrons. The van der Waals surface area contributed by atoms with Gasteiger partial charge in [-0.2, -0.15) is 0 Å². The maximum Gasteiger partial charge on any atom is 0.119 e. The summed E-state index contributed by atoms with van der Waals surface area (Å²) in [7, 11) is 0. The van der Waals surface area contributed by atoms with Crippen LogP contribution in [0.2, 0.25) is 5.02 Å². The van der Waals surface area contributed by atoms with Crippen LogP contribution in [0.3, 0.4) is 0 Å². The molecule has 4 rings (SSSR count). The standard InChI is InChI=1S/C26H29ClN2O2/c27-24-9-4-21(5-10-24)23-8-13-26(28-18-23)22-6-11-25(12-7-22)31-17-15-29(14-1-16-30)19-20-2-3-20/h4-13,18,20,30H,1-3,14-17,19H2. The Bertz CT molecular complexity index is 939. The summed E-state index contributed by atoms with van der Waals surface area (Å²) in [6, 6.07) is 20.0. The number of ether oxygens (including phenoxy) is 1. The topological polar surface area (TPSA) is 45.6 Å². The highest BCUT2D eigenvalue weighted by atomic mass is 35.5. The summed E-state index contributed by atoms with van der Waals surface area (Å²) in [4.78, 5) is 7.04. The van der Waals surface area contributed by atoms with Crippen LogP contribution < -0.4 is 4.74 Å². The molecule has 1 N–H and O–H groups in total. The number of rotatable bonds is 11. The Labute approximate surface area is 189 Å². The van der Waals surface area contributed by atoms with E-state index in [1.165, 1.54) is 12.8 Å². The highest BCUT2D eigenvalue weighted by Crippen LogP contribution is 2.30. The van der Waals surface area contributed by atoms with E-state index in [1.54, 1.807) is 0 Å². The van der Waals surface area contributed by atoms with E-state index < -0.39 is 0 Å². The molecule has 3 aromatic rings. The van der Waals surface area contributed by atoms with Gasteiger partial charge in [-0.3, -0.25) is 9.88 Å². The summed E-state index contributed by atoms with van der Waals surface area (Å²) in [5.74, 6) is 1.71. The van der Waals surface area contributed by atoms with Gasteiger partial charge in [-0.1, -0.05) is 29.8 Å². The predicted molar refractivity (Wildman–Crippen MR) is 126 cm³/mol. The third-order valence-corrected chi connectivity index (χ3v) is 5.87. The molecule has 1 heterocycles. The molecular weight excluding hydrogens is 408 g/mol. The first-order valence-corrected chi connectivity index (χ1v) is 11.4. The number of hydrogen-bond donors (Lipinski definition) is 1. The van der Waals surface area contributed by atoms with E-state index in [1.807, 2.05) is 60.8 Å². The number of aliphatic hydroxyl groups is 1. The van der Waals surface area contributed by atoms with Gasteiger partial charge in [0.15, 0.2) is 0 Å². The Morgan fingerprint density at radius 1 is 0.903 bits per heavy atom. The smallest absolute Gasteiger partial charge is 0.119 e. The molecule has 1 aliphatic rings. The van der Waals surface area contributed by atoms with Crippen LogP contribution in [0.15, 0.2) is 66.9 Å².